The van der Waals surface area contributed by atoms with Gasteiger partial charge in [0.2, 0.25) is 11.8 Å². The summed E-state index contributed by atoms with van der Waals surface area (Å²) < 4.78 is 5.72. The SMILES string of the molecule is CCCOc1ccc(N2C(=O)[C@@H]3[C@@H](C2=O)C2c4ccccc4C3(/C=N\NC(=O)c3ccc(Cl)cc3Cl)c3ccccc32)cc1. The van der Waals surface area contributed by atoms with Gasteiger partial charge in [-0.1, -0.05) is 78.7 Å². The summed E-state index contributed by atoms with van der Waals surface area (Å²) >= 11 is 12.3. The molecule has 8 rings (SSSR count). The summed E-state index contributed by atoms with van der Waals surface area (Å²) in [6.45, 7) is 2.60. The molecule has 220 valence electrons. The fourth-order valence-electron chi connectivity index (χ4n) is 7.14. The highest BCUT2D eigenvalue weighted by Crippen LogP contribution is 2.63. The number of imide groups is 1. The van der Waals surface area contributed by atoms with Crippen molar-refractivity contribution in [2.75, 3.05) is 11.5 Å². The van der Waals surface area contributed by atoms with Crippen molar-refractivity contribution in [2.24, 2.45) is 16.9 Å². The first-order valence-electron chi connectivity index (χ1n) is 14.5. The molecule has 2 bridgehead atoms. The minimum Gasteiger partial charge on any atom is -0.494 e. The molecule has 1 fully saturated rings. The molecule has 1 N–H and O–H groups in total. The molecule has 0 unspecified atom stereocenters. The highest BCUT2D eigenvalue weighted by Gasteiger charge is 2.68. The van der Waals surface area contributed by atoms with Crippen LogP contribution in [-0.4, -0.2) is 30.5 Å². The third-order valence-corrected chi connectivity index (χ3v) is 9.41. The standard InChI is InChI=1S/C35H27Cl2N3O4/c1-2-17-44-22-14-12-21(13-15-22)40-33(42)30-29-23-7-3-5-9-26(23)35(31(30)34(40)43,27-10-6-4-8-24(27)29)19-38-39-32(41)25-16-11-20(36)18-28(25)37/h3-16,18-19,29-31H,2,17H2,1H3,(H,39,41)/b38-19-/t29?,30-,31-,35?/m0/s1. The molecule has 44 heavy (non-hydrogen) atoms. The minimum absolute atomic E-state index is 0.190. The smallest absolute Gasteiger partial charge is 0.272 e. The molecule has 1 heterocycles. The Morgan fingerprint density at radius 1 is 0.932 bits per heavy atom. The summed E-state index contributed by atoms with van der Waals surface area (Å²) in [5, 5.41) is 5.04. The maximum absolute atomic E-state index is 14.5. The number of hydrazone groups is 1. The number of carbonyl (C=O) groups is 3. The Balaban J connectivity index is 1.34. The van der Waals surface area contributed by atoms with Crippen molar-refractivity contribution in [1.29, 1.82) is 0 Å². The topological polar surface area (TPSA) is 88.1 Å². The number of rotatable bonds is 7. The Bertz CT molecular complexity index is 1810. The van der Waals surface area contributed by atoms with Crippen LogP contribution in [-0.2, 0) is 15.0 Å². The summed E-state index contributed by atoms with van der Waals surface area (Å²) in [7, 11) is 0. The lowest BCUT2D eigenvalue weighted by Gasteiger charge is -2.52. The third-order valence-electron chi connectivity index (χ3n) is 8.86. The summed E-state index contributed by atoms with van der Waals surface area (Å²) in [6, 6.07) is 27.4. The first kappa shape index (κ1) is 28.3. The van der Waals surface area contributed by atoms with Crippen molar-refractivity contribution in [1.82, 2.24) is 5.43 Å². The van der Waals surface area contributed by atoms with Crippen LogP contribution in [0.5, 0.6) is 5.75 Å². The molecule has 4 aromatic rings. The van der Waals surface area contributed by atoms with Gasteiger partial charge in [0.05, 0.1) is 40.1 Å². The van der Waals surface area contributed by atoms with Gasteiger partial charge in [-0.05, 0) is 71.1 Å². The quantitative estimate of drug-likeness (QED) is 0.140. The van der Waals surface area contributed by atoms with Gasteiger partial charge in [-0.2, -0.15) is 5.10 Å². The number of hydrogen-bond donors (Lipinski definition) is 1. The summed E-state index contributed by atoms with van der Waals surface area (Å²) in [6.07, 6.45) is 2.49. The molecule has 3 aliphatic carbocycles. The second-order valence-corrected chi connectivity index (χ2v) is 12.0. The molecule has 1 aliphatic heterocycles. The van der Waals surface area contributed by atoms with E-state index in [1.807, 2.05) is 55.5 Å². The fraction of sp³-hybridized carbons (Fsp3) is 0.200. The minimum atomic E-state index is -1.12. The monoisotopic (exact) mass is 623 g/mol. The lowest BCUT2D eigenvalue weighted by molar-refractivity contribution is -0.122. The van der Waals surface area contributed by atoms with E-state index in [1.165, 1.54) is 17.0 Å². The van der Waals surface area contributed by atoms with Crippen molar-refractivity contribution >= 4 is 52.8 Å². The molecule has 4 aromatic carbocycles. The van der Waals surface area contributed by atoms with Crippen LogP contribution >= 0.6 is 23.2 Å². The summed E-state index contributed by atoms with van der Waals surface area (Å²) in [5.41, 5.74) is 5.89. The van der Waals surface area contributed by atoms with Crippen molar-refractivity contribution in [3.05, 3.63) is 129 Å². The molecule has 9 heteroatoms. The molecule has 0 spiro atoms. The van der Waals surface area contributed by atoms with Gasteiger partial charge in [0.15, 0.2) is 0 Å². The van der Waals surface area contributed by atoms with Gasteiger partial charge in [-0.25, -0.2) is 10.3 Å². The first-order chi connectivity index (χ1) is 21.4. The highest BCUT2D eigenvalue weighted by atomic mass is 35.5. The van der Waals surface area contributed by atoms with Crippen molar-refractivity contribution in [2.45, 2.75) is 24.7 Å². The maximum Gasteiger partial charge on any atom is 0.272 e. The van der Waals surface area contributed by atoms with E-state index < -0.39 is 23.2 Å². The second kappa shape index (κ2) is 10.9. The number of anilines is 1. The molecule has 2 atom stereocenters. The molecule has 0 aromatic heterocycles. The van der Waals surface area contributed by atoms with Crippen LogP contribution in [0.3, 0.4) is 0 Å². The van der Waals surface area contributed by atoms with Crippen LogP contribution in [0.4, 0.5) is 5.69 Å². The highest BCUT2D eigenvalue weighted by molar-refractivity contribution is 6.36. The molecular weight excluding hydrogens is 597 g/mol. The third kappa shape index (κ3) is 4.18. The van der Waals surface area contributed by atoms with E-state index in [9.17, 15) is 14.4 Å². The van der Waals surface area contributed by atoms with E-state index >= 15 is 0 Å². The van der Waals surface area contributed by atoms with E-state index in [2.05, 4.69) is 10.5 Å². The van der Waals surface area contributed by atoms with Crippen LogP contribution in [0.25, 0.3) is 0 Å². The number of benzene rings is 4. The number of halogens is 2. The van der Waals surface area contributed by atoms with Gasteiger partial charge in [0.1, 0.15) is 5.75 Å². The van der Waals surface area contributed by atoms with Crippen molar-refractivity contribution < 1.29 is 19.1 Å². The zero-order valence-electron chi connectivity index (χ0n) is 23.7. The molecule has 0 radical (unpaired) electrons. The average molecular weight is 625 g/mol. The number of amides is 3. The Morgan fingerprint density at radius 3 is 2.23 bits per heavy atom. The largest absolute Gasteiger partial charge is 0.494 e. The van der Waals surface area contributed by atoms with E-state index in [0.717, 1.165) is 28.7 Å². The molecule has 1 saturated heterocycles. The number of hydrogen-bond acceptors (Lipinski definition) is 5. The van der Waals surface area contributed by atoms with Gasteiger partial charge >= 0.3 is 0 Å². The predicted octanol–water partition coefficient (Wildman–Crippen LogP) is 6.75. The van der Waals surface area contributed by atoms with Gasteiger partial charge in [0, 0.05) is 17.2 Å². The molecule has 3 amide bonds. The Hall–Kier alpha value is -4.46. The normalized spacial score (nSPS) is 23.0. The molecule has 7 nitrogen and oxygen atoms in total. The Labute approximate surface area is 264 Å². The first-order valence-corrected chi connectivity index (χ1v) is 15.2. The predicted molar refractivity (Wildman–Crippen MR) is 170 cm³/mol. The molecular formula is C35H27Cl2N3O4. The number of carbonyl (C=O) groups excluding carboxylic acids is 3. The van der Waals surface area contributed by atoms with E-state index in [4.69, 9.17) is 27.9 Å². The van der Waals surface area contributed by atoms with Gasteiger partial charge in [-0.3, -0.25) is 14.4 Å². The Morgan fingerprint density at radius 2 is 1.59 bits per heavy atom. The summed E-state index contributed by atoms with van der Waals surface area (Å²) in [4.78, 5) is 43.2. The van der Waals surface area contributed by atoms with Crippen LogP contribution in [0.2, 0.25) is 10.0 Å². The second-order valence-electron chi connectivity index (χ2n) is 11.2. The maximum atomic E-state index is 14.5. The average Bonchev–Trinajstić information content (AvgIpc) is 3.30. The number of nitrogens with one attached hydrogen (secondary N) is 1. The number of nitrogens with zero attached hydrogens (tertiary/aromatic N) is 2. The van der Waals surface area contributed by atoms with Crippen LogP contribution in [0, 0.1) is 11.8 Å². The lowest BCUT2D eigenvalue weighted by Crippen LogP contribution is -2.54. The lowest BCUT2D eigenvalue weighted by atomic mass is 9.47. The molecule has 0 saturated carbocycles. The van der Waals surface area contributed by atoms with Gasteiger partial charge < -0.3 is 4.74 Å². The van der Waals surface area contributed by atoms with Crippen LogP contribution in [0.15, 0.2) is 96.1 Å². The van der Waals surface area contributed by atoms with Crippen LogP contribution in [0.1, 0.15) is 51.9 Å². The van der Waals surface area contributed by atoms with Crippen molar-refractivity contribution in [3.8, 4) is 5.75 Å². The van der Waals surface area contributed by atoms with Gasteiger partial charge in [-0.15, -0.1) is 0 Å². The zero-order valence-corrected chi connectivity index (χ0v) is 25.2. The van der Waals surface area contributed by atoms with E-state index in [1.54, 1.807) is 36.5 Å². The van der Waals surface area contributed by atoms with Crippen LogP contribution < -0.4 is 15.1 Å². The van der Waals surface area contributed by atoms with Gasteiger partial charge in [0.25, 0.3) is 5.91 Å². The van der Waals surface area contributed by atoms with E-state index in [0.29, 0.717) is 23.1 Å². The summed E-state index contributed by atoms with van der Waals surface area (Å²) in [5.74, 6) is -2.16. The van der Waals surface area contributed by atoms with Crippen molar-refractivity contribution in [3.63, 3.8) is 0 Å². The Kier molecular flexibility index (Phi) is 7.03. The molecule has 4 aliphatic rings. The fourth-order valence-corrected chi connectivity index (χ4v) is 7.64. The number of ether oxygens (including phenoxy) is 1. The van der Waals surface area contributed by atoms with E-state index in [-0.39, 0.29) is 28.3 Å². The zero-order chi connectivity index (χ0) is 30.6.